The summed E-state index contributed by atoms with van der Waals surface area (Å²) in [6.07, 6.45) is 0.476. The molecule has 6 nitrogen and oxygen atoms in total. The molecule has 2 N–H and O–H groups in total. The van der Waals surface area contributed by atoms with Crippen LogP contribution in [0.4, 0.5) is 4.39 Å². The first-order chi connectivity index (χ1) is 11.2. The standard InChI is InChI=1S/C16H14FN3O3/c17-16-15(18-20-19-16)12-7-8-13(23-9-3-6-14(21)22)11-5-2-1-4-10(11)12/h1-2,4-5,7-8H,3,6,9H2,(H,21,22)(H,18,19,20). The predicted molar refractivity (Wildman–Crippen MR) is 81.6 cm³/mol. The Labute approximate surface area is 130 Å². The average molecular weight is 315 g/mol. The molecule has 0 radical (unpaired) electrons. The number of H-pyrrole nitrogens is 1. The zero-order chi connectivity index (χ0) is 16.2. The number of carboxylic acid groups (broad SMARTS) is 1. The number of fused-ring (bicyclic) bond motifs is 1. The number of aromatic amines is 1. The lowest BCUT2D eigenvalue weighted by atomic mass is 10.0. The quantitative estimate of drug-likeness (QED) is 0.683. The molecule has 1 aromatic heterocycles. The van der Waals surface area contributed by atoms with Gasteiger partial charge in [-0.2, -0.15) is 14.7 Å². The van der Waals surface area contributed by atoms with Crippen molar-refractivity contribution in [1.82, 2.24) is 15.4 Å². The minimum atomic E-state index is -0.852. The van der Waals surface area contributed by atoms with Crippen molar-refractivity contribution in [3.8, 4) is 17.0 Å². The second kappa shape index (κ2) is 6.43. The molecule has 0 fully saturated rings. The number of hydrogen-bond donors (Lipinski definition) is 2. The summed E-state index contributed by atoms with van der Waals surface area (Å²) in [5, 5.41) is 19.8. The van der Waals surface area contributed by atoms with Gasteiger partial charge in [-0.3, -0.25) is 4.79 Å². The van der Waals surface area contributed by atoms with Gasteiger partial charge in [0.15, 0.2) is 0 Å². The molecule has 0 atom stereocenters. The molecule has 3 aromatic rings. The van der Waals surface area contributed by atoms with E-state index in [9.17, 15) is 9.18 Å². The van der Waals surface area contributed by atoms with E-state index in [1.807, 2.05) is 24.3 Å². The van der Waals surface area contributed by atoms with Crippen molar-refractivity contribution in [2.24, 2.45) is 0 Å². The SMILES string of the molecule is O=C(O)CCCOc1ccc(-c2n[nH]nc2F)c2ccccc12. The Hall–Kier alpha value is -2.96. The van der Waals surface area contributed by atoms with Crippen LogP contribution >= 0.6 is 0 Å². The van der Waals surface area contributed by atoms with Crippen molar-refractivity contribution >= 4 is 16.7 Å². The number of ether oxygens (including phenoxy) is 1. The zero-order valence-electron chi connectivity index (χ0n) is 12.1. The summed E-state index contributed by atoms with van der Waals surface area (Å²) >= 11 is 0. The van der Waals surface area contributed by atoms with Crippen LogP contribution in [-0.4, -0.2) is 33.1 Å². The maximum absolute atomic E-state index is 13.7. The normalized spacial score (nSPS) is 10.8. The maximum atomic E-state index is 13.7. The lowest BCUT2D eigenvalue weighted by Gasteiger charge is -2.11. The van der Waals surface area contributed by atoms with Gasteiger partial charge in [-0.05, 0) is 23.9 Å². The van der Waals surface area contributed by atoms with Crippen molar-refractivity contribution in [1.29, 1.82) is 0 Å². The van der Waals surface area contributed by atoms with Crippen LogP contribution < -0.4 is 4.74 Å². The highest BCUT2D eigenvalue weighted by atomic mass is 19.1. The third-order valence-corrected chi connectivity index (χ3v) is 3.44. The van der Waals surface area contributed by atoms with Gasteiger partial charge >= 0.3 is 5.97 Å². The minimum Gasteiger partial charge on any atom is -0.493 e. The Morgan fingerprint density at radius 2 is 1.96 bits per heavy atom. The van der Waals surface area contributed by atoms with E-state index in [4.69, 9.17) is 9.84 Å². The van der Waals surface area contributed by atoms with E-state index in [-0.39, 0.29) is 12.1 Å². The fourth-order valence-corrected chi connectivity index (χ4v) is 2.40. The smallest absolute Gasteiger partial charge is 0.303 e. The molecule has 0 amide bonds. The predicted octanol–water partition coefficient (Wildman–Crippen LogP) is 3.01. The van der Waals surface area contributed by atoms with Crippen LogP contribution in [0.25, 0.3) is 22.0 Å². The second-order valence-electron chi connectivity index (χ2n) is 4.97. The van der Waals surface area contributed by atoms with Crippen molar-refractivity contribution in [3.05, 3.63) is 42.3 Å². The zero-order valence-corrected chi connectivity index (χ0v) is 12.1. The molecule has 0 unspecified atom stereocenters. The second-order valence-corrected chi connectivity index (χ2v) is 4.97. The number of halogens is 1. The molecule has 23 heavy (non-hydrogen) atoms. The fourth-order valence-electron chi connectivity index (χ4n) is 2.40. The first-order valence-electron chi connectivity index (χ1n) is 7.10. The number of rotatable bonds is 6. The molecular formula is C16H14FN3O3. The van der Waals surface area contributed by atoms with E-state index >= 15 is 0 Å². The van der Waals surface area contributed by atoms with Crippen LogP contribution in [0.3, 0.4) is 0 Å². The van der Waals surface area contributed by atoms with E-state index in [2.05, 4.69) is 15.4 Å². The number of carbonyl (C=O) groups is 1. The number of nitrogens with zero attached hydrogens (tertiary/aromatic N) is 2. The summed E-state index contributed by atoms with van der Waals surface area (Å²) in [7, 11) is 0. The van der Waals surface area contributed by atoms with Gasteiger partial charge in [0, 0.05) is 17.4 Å². The highest BCUT2D eigenvalue weighted by molar-refractivity contribution is 5.99. The highest BCUT2D eigenvalue weighted by Gasteiger charge is 2.15. The molecule has 118 valence electrons. The molecule has 1 heterocycles. The molecular weight excluding hydrogens is 301 g/mol. The maximum Gasteiger partial charge on any atom is 0.303 e. The Morgan fingerprint density at radius 1 is 1.17 bits per heavy atom. The van der Waals surface area contributed by atoms with E-state index in [1.54, 1.807) is 12.1 Å². The molecule has 3 rings (SSSR count). The third-order valence-electron chi connectivity index (χ3n) is 3.44. The van der Waals surface area contributed by atoms with Gasteiger partial charge in [0.1, 0.15) is 11.4 Å². The van der Waals surface area contributed by atoms with Crippen molar-refractivity contribution in [3.63, 3.8) is 0 Å². The van der Waals surface area contributed by atoms with Crippen LogP contribution in [-0.2, 0) is 4.79 Å². The van der Waals surface area contributed by atoms with Gasteiger partial charge in [-0.1, -0.05) is 24.3 Å². The van der Waals surface area contributed by atoms with Crippen LogP contribution in [0.2, 0.25) is 0 Å². The summed E-state index contributed by atoms with van der Waals surface area (Å²) in [5.74, 6) is -0.890. The molecule has 0 saturated carbocycles. The molecule has 0 aliphatic carbocycles. The molecule has 0 aliphatic heterocycles. The van der Waals surface area contributed by atoms with Gasteiger partial charge < -0.3 is 9.84 Å². The van der Waals surface area contributed by atoms with E-state index in [0.717, 1.165) is 10.8 Å². The van der Waals surface area contributed by atoms with Gasteiger partial charge in [0.05, 0.1) is 6.61 Å². The van der Waals surface area contributed by atoms with Crippen LogP contribution in [0.1, 0.15) is 12.8 Å². The summed E-state index contributed by atoms with van der Waals surface area (Å²) in [5.41, 5.74) is 0.767. The number of carboxylic acids is 1. The largest absolute Gasteiger partial charge is 0.493 e. The average Bonchev–Trinajstić information content (AvgIpc) is 2.97. The number of nitrogens with one attached hydrogen (secondary N) is 1. The van der Waals surface area contributed by atoms with Crippen LogP contribution in [0.15, 0.2) is 36.4 Å². The molecule has 2 aromatic carbocycles. The summed E-state index contributed by atoms with van der Waals surface area (Å²) < 4.78 is 19.4. The van der Waals surface area contributed by atoms with E-state index in [0.29, 0.717) is 24.3 Å². The van der Waals surface area contributed by atoms with Gasteiger partial charge in [0.2, 0.25) is 0 Å². The number of aliphatic carboxylic acids is 1. The first kappa shape index (κ1) is 15.0. The topological polar surface area (TPSA) is 88.1 Å². The van der Waals surface area contributed by atoms with E-state index in [1.165, 1.54) is 0 Å². The molecule has 7 heteroatoms. The summed E-state index contributed by atoms with van der Waals surface area (Å²) in [6, 6.07) is 10.9. The van der Waals surface area contributed by atoms with Crippen molar-refractivity contribution in [2.45, 2.75) is 12.8 Å². The first-order valence-corrected chi connectivity index (χ1v) is 7.10. The Bertz CT molecular complexity index is 847. The molecule has 0 aliphatic rings. The number of hydrogen-bond acceptors (Lipinski definition) is 4. The number of aromatic nitrogens is 3. The number of benzene rings is 2. The molecule has 0 saturated heterocycles. The van der Waals surface area contributed by atoms with Gasteiger partial charge in [-0.15, -0.1) is 5.10 Å². The minimum absolute atomic E-state index is 0.0557. The fraction of sp³-hybridized carbons (Fsp3) is 0.188. The highest BCUT2D eigenvalue weighted by Crippen LogP contribution is 2.34. The summed E-state index contributed by atoms with van der Waals surface area (Å²) in [4.78, 5) is 10.5. The molecule has 0 bridgehead atoms. The van der Waals surface area contributed by atoms with Crippen LogP contribution in [0, 0.1) is 5.95 Å². The Balaban J connectivity index is 1.93. The monoisotopic (exact) mass is 315 g/mol. The van der Waals surface area contributed by atoms with Crippen LogP contribution in [0.5, 0.6) is 5.75 Å². The lowest BCUT2D eigenvalue weighted by Crippen LogP contribution is -2.02. The van der Waals surface area contributed by atoms with Crippen molar-refractivity contribution in [2.75, 3.05) is 6.61 Å². The van der Waals surface area contributed by atoms with Gasteiger partial charge in [-0.25, -0.2) is 0 Å². The van der Waals surface area contributed by atoms with E-state index < -0.39 is 11.9 Å². The Morgan fingerprint density at radius 3 is 2.65 bits per heavy atom. The van der Waals surface area contributed by atoms with Crippen molar-refractivity contribution < 1.29 is 19.0 Å². The van der Waals surface area contributed by atoms with Gasteiger partial charge in [0.25, 0.3) is 5.95 Å². The lowest BCUT2D eigenvalue weighted by molar-refractivity contribution is -0.137. The summed E-state index contributed by atoms with van der Waals surface area (Å²) in [6.45, 7) is 0.300. The molecule has 0 spiro atoms. The third kappa shape index (κ3) is 3.13. The Kier molecular flexibility index (Phi) is 4.18.